The van der Waals surface area contributed by atoms with Gasteiger partial charge in [-0.1, -0.05) is 0 Å². The first-order chi connectivity index (χ1) is 9.04. The van der Waals surface area contributed by atoms with E-state index in [0.29, 0.717) is 23.5 Å². The van der Waals surface area contributed by atoms with Crippen molar-refractivity contribution in [3.63, 3.8) is 0 Å². The molecule has 102 valence electrons. The van der Waals surface area contributed by atoms with E-state index in [-0.39, 0.29) is 23.9 Å². The van der Waals surface area contributed by atoms with Crippen molar-refractivity contribution in [2.24, 2.45) is 5.92 Å². The minimum absolute atomic E-state index is 0.137. The number of hydrogen-bond donors (Lipinski definition) is 1. The SMILES string of the molecule is CCOC(=O)[C@@H]1[C@H]2Oc3c(cc(F)cc3[C@@H](C)O)[C@H]21. The number of halogens is 1. The highest BCUT2D eigenvalue weighted by molar-refractivity contribution is 5.81. The molecule has 0 bridgehead atoms. The number of carbonyl (C=O) groups excluding carboxylic acids is 1. The van der Waals surface area contributed by atoms with Crippen molar-refractivity contribution in [2.75, 3.05) is 6.61 Å². The van der Waals surface area contributed by atoms with Crippen molar-refractivity contribution in [1.82, 2.24) is 0 Å². The van der Waals surface area contributed by atoms with Gasteiger partial charge in [-0.3, -0.25) is 4.79 Å². The van der Waals surface area contributed by atoms with Gasteiger partial charge < -0.3 is 14.6 Å². The van der Waals surface area contributed by atoms with Crippen LogP contribution in [0.15, 0.2) is 12.1 Å². The second-order valence-electron chi connectivity index (χ2n) is 4.98. The van der Waals surface area contributed by atoms with Gasteiger partial charge in [-0.2, -0.15) is 0 Å². The number of fused-ring (bicyclic) bond motifs is 3. The van der Waals surface area contributed by atoms with Gasteiger partial charge in [0, 0.05) is 17.0 Å². The van der Waals surface area contributed by atoms with Crippen LogP contribution in [0.5, 0.6) is 5.75 Å². The van der Waals surface area contributed by atoms with Crippen molar-refractivity contribution in [2.45, 2.75) is 32.0 Å². The van der Waals surface area contributed by atoms with E-state index in [1.165, 1.54) is 12.1 Å². The third kappa shape index (κ3) is 1.80. The second-order valence-corrected chi connectivity index (χ2v) is 4.98. The van der Waals surface area contributed by atoms with Crippen LogP contribution in [0.25, 0.3) is 0 Å². The summed E-state index contributed by atoms with van der Waals surface area (Å²) in [6, 6.07) is 2.65. The number of ether oxygens (including phenoxy) is 2. The van der Waals surface area contributed by atoms with Gasteiger partial charge in [0.2, 0.25) is 0 Å². The first-order valence-electron chi connectivity index (χ1n) is 6.39. The molecule has 1 saturated carbocycles. The van der Waals surface area contributed by atoms with E-state index in [9.17, 15) is 14.3 Å². The molecule has 19 heavy (non-hydrogen) atoms. The Morgan fingerprint density at radius 1 is 1.58 bits per heavy atom. The zero-order valence-electron chi connectivity index (χ0n) is 10.7. The Bertz CT molecular complexity index is 540. The molecule has 0 unspecified atom stereocenters. The molecular weight excluding hydrogens is 251 g/mol. The average molecular weight is 266 g/mol. The maximum atomic E-state index is 13.6. The molecule has 0 spiro atoms. The fourth-order valence-corrected chi connectivity index (χ4v) is 2.79. The molecule has 0 aromatic heterocycles. The van der Waals surface area contributed by atoms with Crippen LogP contribution in [0.4, 0.5) is 4.39 Å². The number of rotatable bonds is 3. The van der Waals surface area contributed by atoms with Crippen LogP contribution in [0.1, 0.15) is 37.0 Å². The number of benzene rings is 1. The van der Waals surface area contributed by atoms with E-state index in [0.717, 1.165) is 0 Å². The van der Waals surface area contributed by atoms with E-state index < -0.39 is 11.9 Å². The molecule has 1 aromatic carbocycles. The lowest BCUT2D eigenvalue weighted by molar-refractivity contribution is -0.145. The van der Waals surface area contributed by atoms with Crippen LogP contribution in [0, 0.1) is 11.7 Å². The Balaban J connectivity index is 1.92. The minimum Gasteiger partial charge on any atom is -0.488 e. The number of aliphatic hydroxyl groups is 1. The van der Waals surface area contributed by atoms with Gasteiger partial charge in [-0.25, -0.2) is 4.39 Å². The Hall–Kier alpha value is -1.62. The lowest BCUT2D eigenvalue weighted by atomic mass is 10.0. The fourth-order valence-electron chi connectivity index (χ4n) is 2.79. The fraction of sp³-hybridized carbons (Fsp3) is 0.500. The monoisotopic (exact) mass is 266 g/mol. The highest BCUT2D eigenvalue weighted by Gasteiger charge is 2.64. The normalized spacial score (nSPS) is 28.1. The third-order valence-electron chi connectivity index (χ3n) is 3.69. The number of hydrogen-bond acceptors (Lipinski definition) is 4. The van der Waals surface area contributed by atoms with E-state index in [1.807, 2.05) is 0 Å². The van der Waals surface area contributed by atoms with Gasteiger partial charge in [0.05, 0.1) is 12.7 Å². The van der Waals surface area contributed by atoms with E-state index in [1.54, 1.807) is 13.8 Å². The highest BCUT2D eigenvalue weighted by Crippen LogP contribution is 2.60. The van der Waals surface area contributed by atoms with Gasteiger partial charge in [0.1, 0.15) is 23.6 Å². The zero-order chi connectivity index (χ0) is 13.7. The Morgan fingerprint density at radius 3 is 2.95 bits per heavy atom. The summed E-state index contributed by atoms with van der Waals surface area (Å²) in [7, 11) is 0. The number of esters is 1. The highest BCUT2D eigenvalue weighted by atomic mass is 19.1. The quantitative estimate of drug-likeness (QED) is 0.849. The van der Waals surface area contributed by atoms with Crippen LogP contribution in [0.2, 0.25) is 0 Å². The molecule has 1 aliphatic heterocycles. The van der Waals surface area contributed by atoms with Gasteiger partial charge >= 0.3 is 5.97 Å². The predicted molar refractivity (Wildman–Crippen MR) is 64.3 cm³/mol. The van der Waals surface area contributed by atoms with Crippen molar-refractivity contribution < 1.29 is 23.8 Å². The van der Waals surface area contributed by atoms with Gasteiger partial charge in [0.15, 0.2) is 0 Å². The van der Waals surface area contributed by atoms with Crippen molar-refractivity contribution >= 4 is 5.97 Å². The Labute approximate surface area is 110 Å². The van der Waals surface area contributed by atoms with Crippen molar-refractivity contribution in [1.29, 1.82) is 0 Å². The standard InChI is InChI=1S/C14H15FO4/c1-3-18-14(17)11-10-9-5-7(15)4-8(6(2)16)12(9)19-13(10)11/h4-6,10-11,13,16H,3H2,1-2H3/t6-,10+,11+,13+/m1/s1. The first kappa shape index (κ1) is 12.4. The summed E-state index contributed by atoms with van der Waals surface area (Å²) in [4.78, 5) is 11.7. The average Bonchev–Trinajstić information content (AvgIpc) is 2.94. The summed E-state index contributed by atoms with van der Waals surface area (Å²) in [5.41, 5.74) is 1.10. The molecular formula is C14H15FO4. The van der Waals surface area contributed by atoms with Gasteiger partial charge in [0.25, 0.3) is 0 Å². The van der Waals surface area contributed by atoms with Crippen LogP contribution in [-0.2, 0) is 9.53 Å². The zero-order valence-corrected chi connectivity index (χ0v) is 10.7. The Morgan fingerprint density at radius 2 is 2.32 bits per heavy atom. The third-order valence-corrected chi connectivity index (χ3v) is 3.69. The maximum absolute atomic E-state index is 13.6. The van der Waals surface area contributed by atoms with E-state index in [4.69, 9.17) is 9.47 Å². The van der Waals surface area contributed by atoms with Crippen molar-refractivity contribution in [3.8, 4) is 5.75 Å². The van der Waals surface area contributed by atoms with Gasteiger partial charge in [-0.15, -0.1) is 0 Å². The lowest BCUT2D eigenvalue weighted by Gasteiger charge is -2.14. The molecule has 2 aliphatic rings. The first-order valence-corrected chi connectivity index (χ1v) is 6.39. The van der Waals surface area contributed by atoms with Crippen LogP contribution in [0.3, 0.4) is 0 Å². The molecule has 1 fully saturated rings. The lowest BCUT2D eigenvalue weighted by Crippen LogP contribution is -2.14. The van der Waals surface area contributed by atoms with Crippen LogP contribution >= 0.6 is 0 Å². The minimum atomic E-state index is -0.803. The smallest absolute Gasteiger partial charge is 0.313 e. The largest absolute Gasteiger partial charge is 0.488 e. The summed E-state index contributed by atoms with van der Waals surface area (Å²) in [5.74, 6) is -0.676. The molecule has 3 rings (SSSR count). The molecule has 1 aliphatic carbocycles. The molecule has 4 nitrogen and oxygen atoms in total. The maximum Gasteiger partial charge on any atom is 0.313 e. The summed E-state index contributed by atoms with van der Waals surface area (Å²) < 4.78 is 24.2. The summed E-state index contributed by atoms with van der Waals surface area (Å²) in [5, 5.41) is 9.63. The van der Waals surface area contributed by atoms with Crippen molar-refractivity contribution in [3.05, 3.63) is 29.1 Å². The van der Waals surface area contributed by atoms with Gasteiger partial charge in [-0.05, 0) is 26.0 Å². The van der Waals surface area contributed by atoms with E-state index in [2.05, 4.69) is 0 Å². The molecule has 0 saturated heterocycles. The van der Waals surface area contributed by atoms with E-state index >= 15 is 0 Å². The number of aliphatic hydroxyl groups excluding tert-OH is 1. The molecule has 1 heterocycles. The second kappa shape index (κ2) is 4.20. The summed E-state index contributed by atoms with van der Waals surface area (Å²) in [6.07, 6.45) is -1.07. The summed E-state index contributed by atoms with van der Waals surface area (Å²) in [6.45, 7) is 3.63. The molecule has 1 N–H and O–H groups in total. The van der Waals surface area contributed by atoms with Crippen LogP contribution < -0.4 is 4.74 Å². The molecule has 0 amide bonds. The molecule has 5 heteroatoms. The predicted octanol–water partition coefficient (Wildman–Crippen LogP) is 1.92. The van der Waals surface area contributed by atoms with Crippen LogP contribution in [-0.4, -0.2) is 23.8 Å². The molecule has 1 aromatic rings. The number of carbonyl (C=O) groups is 1. The summed E-state index contributed by atoms with van der Waals surface area (Å²) >= 11 is 0. The topological polar surface area (TPSA) is 55.8 Å². The Kier molecular flexibility index (Phi) is 2.74. The molecule has 0 radical (unpaired) electrons. The molecule has 4 atom stereocenters.